The third kappa shape index (κ3) is 7.47. The number of carboxylic acid groups (broad SMARTS) is 3. The van der Waals surface area contributed by atoms with Crippen molar-refractivity contribution < 1.29 is 184 Å². The minimum Gasteiger partial charge on any atom is -0.545 e. The molecular formula is C8H2K3NO6. The summed E-state index contributed by atoms with van der Waals surface area (Å²) in [6, 6.07) is 0.537. The van der Waals surface area contributed by atoms with E-state index in [1.54, 1.807) is 0 Å². The molecule has 1 heterocycles. The van der Waals surface area contributed by atoms with E-state index in [4.69, 9.17) is 0 Å². The van der Waals surface area contributed by atoms with Crippen LogP contribution in [0.4, 0.5) is 0 Å². The molecule has 0 N–H and O–H groups in total. The Balaban J connectivity index is -0.000000750. The third-order valence-electron chi connectivity index (χ3n) is 1.55. The summed E-state index contributed by atoms with van der Waals surface area (Å²) < 4.78 is 0. The molecule has 78 valence electrons. The second-order valence-electron chi connectivity index (χ2n) is 2.48. The van der Waals surface area contributed by atoms with E-state index in [-0.39, 0.29) is 154 Å². The number of hydrogen-bond acceptors (Lipinski definition) is 7. The SMILES string of the molecule is O=C([O-])c1cc(C(=O)[O-])c(C(=O)[O-])cn1.[K+].[K+].[K+]. The van der Waals surface area contributed by atoms with Crippen LogP contribution in [0.25, 0.3) is 0 Å². The first kappa shape index (κ1) is 25.4. The first-order valence-electron chi connectivity index (χ1n) is 3.57. The van der Waals surface area contributed by atoms with Crippen molar-refractivity contribution in [2.24, 2.45) is 0 Å². The van der Waals surface area contributed by atoms with E-state index in [1.807, 2.05) is 0 Å². The Morgan fingerprint density at radius 1 is 0.833 bits per heavy atom. The van der Waals surface area contributed by atoms with E-state index in [2.05, 4.69) is 4.98 Å². The van der Waals surface area contributed by atoms with Gasteiger partial charge in [0.25, 0.3) is 0 Å². The van der Waals surface area contributed by atoms with Gasteiger partial charge in [-0.2, -0.15) is 0 Å². The summed E-state index contributed by atoms with van der Waals surface area (Å²) in [7, 11) is 0. The molecule has 1 aromatic rings. The molecule has 0 aliphatic rings. The van der Waals surface area contributed by atoms with Gasteiger partial charge < -0.3 is 29.7 Å². The first-order valence-corrected chi connectivity index (χ1v) is 3.57. The fraction of sp³-hybridized carbons (Fsp3) is 0. The van der Waals surface area contributed by atoms with Crippen molar-refractivity contribution in [2.45, 2.75) is 0 Å². The largest absolute Gasteiger partial charge is 1.00 e. The smallest absolute Gasteiger partial charge is 0.545 e. The zero-order valence-corrected chi connectivity index (χ0v) is 19.4. The Labute approximate surface area is 229 Å². The van der Waals surface area contributed by atoms with Gasteiger partial charge >= 0.3 is 154 Å². The van der Waals surface area contributed by atoms with Gasteiger partial charge in [0, 0.05) is 17.3 Å². The minimum absolute atomic E-state index is 0. The van der Waals surface area contributed by atoms with Gasteiger partial charge in [0.15, 0.2) is 0 Å². The van der Waals surface area contributed by atoms with Crippen LogP contribution in [0.2, 0.25) is 0 Å². The van der Waals surface area contributed by atoms with Crippen LogP contribution in [-0.4, -0.2) is 22.9 Å². The number of aromatic nitrogens is 1. The molecule has 0 unspecified atom stereocenters. The topological polar surface area (TPSA) is 133 Å². The molecule has 0 amide bonds. The molecule has 0 bridgehead atoms. The van der Waals surface area contributed by atoms with Crippen molar-refractivity contribution in [3.8, 4) is 0 Å². The predicted octanol–water partition coefficient (Wildman–Crippen LogP) is -12.8. The molecular weight excluding hydrogens is 323 g/mol. The van der Waals surface area contributed by atoms with Gasteiger partial charge in [0.1, 0.15) is 0 Å². The summed E-state index contributed by atoms with van der Waals surface area (Å²) in [6.07, 6.45) is 0.561. The van der Waals surface area contributed by atoms with E-state index >= 15 is 0 Å². The van der Waals surface area contributed by atoms with E-state index < -0.39 is 34.7 Å². The van der Waals surface area contributed by atoms with Crippen LogP contribution in [0.3, 0.4) is 0 Å². The number of carbonyl (C=O) groups excluding carboxylic acids is 3. The molecule has 10 heteroatoms. The summed E-state index contributed by atoms with van der Waals surface area (Å²) >= 11 is 0. The van der Waals surface area contributed by atoms with E-state index in [9.17, 15) is 29.7 Å². The zero-order valence-electron chi connectivity index (χ0n) is 10.1. The summed E-state index contributed by atoms with van der Waals surface area (Å²) in [6.45, 7) is 0. The van der Waals surface area contributed by atoms with Crippen LogP contribution in [-0.2, 0) is 0 Å². The van der Waals surface area contributed by atoms with Crippen molar-refractivity contribution in [3.05, 3.63) is 29.1 Å². The third-order valence-corrected chi connectivity index (χ3v) is 1.55. The molecule has 1 aromatic heterocycles. The fourth-order valence-electron chi connectivity index (χ4n) is 0.899. The second-order valence-corrected chi connectivity index (χ2v) is 2.48. The number of hydrogen-bond donors (Lipinski definition) is 0. The van der Waals surface area contributed by atoms with Crippen LogP contribution < -0.4 is 169 Å². The van der Waals surface area contributed by atoms with Gasteiger partial charge in [0.05, 0.1) is 23.6 Å². The normalized spacial score (nSPS) is 8.00. The maximum atomic E-state index is 10.5. The van der Waals surface area contributed by atoms with Gasteiger partial charge in [-0.25, -0.2) is 0 Å². The van der Waals surface area contributed by atoms with Crippen LogP contribution in [0.5, 0.6) is 0 Å². The van der Waals surface area contributed by atoms with Crippen molar-refractivity contribution in [3.63, 3.8) is 0 Å². The standard InChI is InChI=1S/C8H5NO6.3K/c10-6(11)3-1-5(8(14)15)9-2-4(3)7(12)13;;;/h1-2H,(H,10,11)(H,12,13)(H,14,15);;;/q;3*+1/p-3. The quantitative estimate of drug-likeness (QED) is 0.504. The Hall–Kier alpha value is 2.47. The van der Waals surface area contributed by atoms with Crippen LogP contribution in [0.15, 0.2) is 12.3 Å². The number of carbonyl (C=O) groups is 3. The summed E-state index contributed by atoms with van der Waals surface area (Å²) in [5.74, 6) is -5.34. The van der Waals surface area contributed by atoms with Crippen LogP contribution in [0, 0.1) is 0 Å². The Kier molecular flexibility index (Phi) is 17.0. The average molecular weight is 325 g/mol. The number of rotatable bonds is 3. The van der Waals surface area contributed by atoms with Gasteiger partial charge in [-0.05, 0) is 6.07 Å². The van der Waals surface area contributed by atoms with Crippen molar-refractivity contribution in [1.82, 2.24) is 4.98 Å². The maximum Gasteiger partial charge on any atom is 1.00 e. The van der Waals surface area contributed by atoms with E-state index in [0.29, 0.717) is 12.3 Å². The van der Waals surface area contributed by atoms with Gasteiger partial charge in [0.2, 0.25) is 0 Å². The predicted molar refractivity (Wildman–Crippen MR) is 37.2 cm³/mol. The number of nitrogens with zero attached hydrogens (tertiary/aromatic N) is 1. The Morgan fingerprint density at radius 2 is 1.28 bits per heavy atom. The van der Waals surface area contributed by atoms with E-state index in [0.717, 1.165) is 0 Å². The first-order chi connectivity index (χ1) is 6.93. The molecule has 0 aliphatic carbocycles. The van der Waals surface area contributed by atoms with Crippen LogP contribution >= 0.6 is 0 Å². The summed E-state index contributed by atoms with van der Waals surface area (Å²) in [4.78, 5) is 34.3. The van der Waals surface area contributed by atoms with Gasteiger partial charge in [-0.15, -0.1) is 0 Å². The molecule has 0 aromatic carbocycles. The van der Waals surface area contributed by atoms with Crippen LogP contribution in [0.1, 0.15) is 31.2 Å². The van der Waals surface area contributed by atoms with Crippen molar-refractivity contribution in [1.29, 1.82) is 0 Å². The number of aromatic carboxylic acids is 3. The Morgan fingerprint density at radius 3 is 1.61 bits per heavy atom. The monoisotopic (exact) mass is 325 g/mol. The molecule has 18 heavy (non-hydrogen) atoms. The molecule has 7 nitrogen and oxygen atoms in total. The van der Waals surface area contributed by atoms with Crippen molar-refractivity contribution in [2.75, 3.05) is 0 Å². The minimum atomic E-state index is -1.83. The molecule has 0 radical (unpaired) electrons. The molecule has 0 aliphatic heterocycles. The zero-order chi connectivity index (χ0) is 11.6. The summed E-state index contributed by atoms with van der Waals surface area (Å²) in [5, 5.41) is 31.2. The average Bonchev–Trinajstić information content (AvgIpc) is 2.16. The Bertz CT molecular complexity index is 464. The van der Waals surface area contributed by atoms with Crippen molar-refractivity contribution >= 4 is 17.9 Å². The molecule has 0 spiro atoms. The molecule has 0 saturated carbocycles. The molecule has 1 rings (SSSR count). The fourth-order valence-corrected chi connectivity index (χ4v) is 0.899. The van der Waals surface area contributed by atoms with E-state index in [1.165, 1.54) is 0 Å². The molecule has 0 fully saturated rings. The second kappa shape index (κ2) is 12.1. The maximum absolute atomic E-state index is 10.5. The number of pyridine rings is 1. The molecule has 0 saturated heterocycles. The summed E-state index contributed by atoms with van der Waals surface area (Å²) in [5.41, 5.74) is -2.26. The number of carboxylic acids is 3. The van der Waals surface area contributed by atoms with Gasteiger partial charge in [-0.1, -0.05) is 0 Å². The van der Waals surface area contributed by atoms with Gasteiger partial charge in [-0.3, -0.25) is 4.98 Å². The molecule has 0 atom stereocenters.